The molecule has 0 radical (unpaired) electrons. The fraction of sp³-hybridized carbons (Fsp3) is 0.455. The standard InChI is InChI=1S/C22H26N4O6S2/c1-6-25-19(30)15(17(28)23-21(25)33-4)14(11-8-9-13(32-3)12(27)10-11)16-18(29)24-22(34-5)26(7-2)20(16)31/h8-10,14-16,27H,6-7H2,1-5H3. The molecular weight excluding hydrogens is 480 g/mol. The summed E-state index contributed by atoms with van der Waals surface area (Å²) in [5.41, 5.74) is 0.259. The highest BCUT2D eigenvalue weighted by Gasteiger charge is 2.52. The van der Waals surface area contributed by atoms with Crippen molar-refractivity contribution in [3.05, 3.63) is 23.8 Å². The first-order valence-corrected chi connectivity index (χ1v) is 13.0. The summed E-state index contributed by atoms with van der Waals surface area (Å²) in [6.45, 7) is 4.00. The van der Waals surface area contributed by atoms with Gasteiger partial charge in [-0.3, -0.25) is 29.0 Å². The van der Waals surface area contributed by atoms with Crippen LogP contribution in [0, 0.1) is 11.8 Å². The minimum absolute atomic E-state index is 0.167. The Morgan fingerprint density at radius 1 is 0.941 bits per heavy atom. The molecule has 1 aromatic rings. The van der Waals surface area contributed by atoms with Crippen LogP contribution in [-0.4, -0.2) is 81.6 Å². The number of phenols is 1. The van der Waals surface area contributed by atoms with Crippen molar-refractivity contribution < 1.29 is 29.0 Å². The Hall–Kier alpha value is -2.86. The number of amides is 4. The number of rotatable bonds is 6. The lowest BCUT2D eigenvalue weighted by atomic mass is 9.73. The molecule has 0 fully saturated rings. The smallest absolute Gasteiger partial charge is 0.261 e. The van der Waals surface area contributed by atoms with Crippen molar-refractivity contribution >= 4 is 57.5 Å². The van der Waals surface area contributed by atoms with Gasteiger partial charge >= 0.3 is 0 Å². The van der Waals surface area contributed by atoms with E-state index in [9.17, 15) is 24.3 Å². The van der Waals surface area contributed by atoms with Gasteiger partial charge in [0.2, 0.25) is 11.8 Å². The molecular formula is C22H26N4O6S2. The maximum Gasteiger partial charge on any atom is 0.261 e. The normalized spacial score (nSPS) is 22.0. The lowest BCUT2D eigenvalue weighted by Gasteiger charge is -2.38. The molecule has 2 unspecified atom stereocenters. The van der Waals surface area contributed by atoms with Crippen molar-refractivity contribution in [3.63, 3.8) is 0 Å². The number of carbonyl (C=O) groups excluding carboxylic acids is 4. The monoisotopic (exact) mass is 506 g/mol. The van der Waals surface area contributed by atoms with E-state index in [-0.39, 0.29) is 40.5 Å². The van der Waals surface area contributed by atoms with Gasteiger partial charge < -0.3 is 9.84 Å². The maximum atomic E-state index is 13.5. The fourth-order valence-corrected chi connectivity index (χ4v) is 5.43. The Labute approximate surface area is 205 Å². The lowest BCUT2D eigenvalue weighted by Crippen LogP contribution is -2.54. The highest BCUT2D eigenvalue weighted by Crippen LogP contribution is 2.42. The largest absolute Gasteiger partial charge is 0.504 e. The second kappa shape index (κ2) is 10.6. The number of phenolic OH excluding ortho intramolecular Hbond substituents is 1. The van der Waals surface area contributed by atoms with E-state index in [0.29, 0.717) is 0 Å². The van der Waals surface area contributed by atoms with Gasteiger partial charge in [0.05, 0.1) is 7.11 Å². The van der Waals surface area contributed by atoms with E-state index < -0.39 is 41.4 Å². The predicted octanol–water partition coefficient (Wildman–Crippen LogP) is 1.93. The molecule has 0 aromatic heterocycles. The average Bonchev–Trinajstić information content (AvgIpc) is 2.82. The van der Waals surface area contributed by atoms with Crippen LogP contribution in [0.1, 0.15) is 25.3 Å². The number of nitrogens with zero attached hydrogens (tertiary/aromatic N) is 4. The number of hydrogen-bond acceptors (Lipinski definition) is 8. The molecule has 0 spiro atoms. The number of thioether (sulfide) groups is 2. The van der Waals surface area contributed by atoms with E-state index >= 15 is 0 Å². The molecule has 2 atom stereocenters. The second-order valence-corrected chi connectivity index (χ2v) is 9.00. The Morgan fingerprint density at radius 2 is 1.41 bits per heavy atom. The van der Waals surface area contributed by atoms with Crippen molar-refractivity contribution in [1.29, 1.82) is 0 Å². The molecule has 12 heteroatoms. The molecule has 4 amide bonds. The topological polar surface area (TPSA) is 129 Å². The fourth-order valence-electron chi connectivity index (χ4n) is 4.18. The molecule has 2 heterocycles. The first-order valence-electron chi connectivity index (χ1n) is 10.6. The van der Waals surface area contributed by atoms with Gasteiger partial charge in [-0.25, -0.2) is 0 Å². The third kappa shape index (κ3) is 4.43. The third-order valence-corrected chi connectivity index (χ3v) is 7.13. The van der Waals surface area contributed by atoms with Crippen LogP contribution in [0.3, 0.4) is 0 Å². The number of carbonyl (C=O) groups is 4. The zero-order valence-electron chi connectivity index (χ0n) is 19.5. The summed E-state index contributed by atoms with van der Waals surface area (Å²) in [5, 5.41) is 10.9. The highest BCUT2D eigenvalue weighted by atomic mass is 32.2. The van der Waals surface area contributed by atoms with Gasteiger partial charge in [-0.05, 0) is 44.1 Å². The zero-order valence-corrected chi connectivity index (χ0v) is 21.1. The van der Waals surface area contributed by atoms with Gasteiger partial charge in [0.1, 0.15) is 11.8 Å². The number of methoxy groups -OCH3 is 1. The summed E-state index contributed by atoms with van der Waals surface area (Å²) in [5.74, 6) is -6.80. The highest BCUT2D eigenvalue weighted by molar-refractivity contribution is 8.13. The van der Waals surface area contributed by atoms with E-state index in [0.717, 1.165) is 23.5 Å². The Morgan fingerprint density at radius 3 is 1.76 bits per heavy atom. The summed E-state index contributed by atoms with van der Waals surface area (Å²) in [4.78, 5) is 64.3. The summed E-state index contributed by atoms with van der Waals surface area (Å²) in [6.07, 6.45) is 3.40. The van der Waals surface area contributed by atoms with Gasteiger partial charge in [-0.2, -0.15) is 9.98 Å². The van der Waals surface area contributed by atoms with Crippen LogP contribution in [0.5, 0.6) is 11.5 Å². The average molecular weight is 507 g/mol. The maximum absolute atomic E-state index is 13.5. The summed E-state index contributed by atoms with van der Waals surface area (Å²) < 4.78 is 5.10. The zero-order chi connectivity index (χ0) is 25.2. The van der Waals surface area contributed by atoms with Crippen LogP contribution < -0.4 is 4.74 Å². The molecule has 0 bridgehead atoms. The number of hydrogen-bond donors (Lipinski definition) is 1. The number of ether oxygens (including phenoxy) is 1. The van der Waals surface area contributed by atoms with Crippen molar-refractivity contribution in [2.45, 2.75) is 19.8 Å². The predicted molar refractivity (Wildman–Crippen MR) is 131 cm³/mol. The lowest BCUT2D eigenvalue weighted by molar-refractivity contribution is -0.145. The molecule has 2 aliphatic heterocycles. The SMILES string of the molecule is CCN1C(=O)C(C(c2ccc(OC)c(O)c2)C2C(=O)N=C(SC)N(CC)C2=O)C(=O)N=C1SC. The molecule has 0 saturated heterocycles. The molecule has 2 aliphatic rings. The minimum Gasteiger partial charge on any atom is -0.504 e. The number of amidine groups is 2. The molecule has 1 aromatic carbocycles. The van der Waals surface area contributed by atoms with Crippen LogP contribution in [0.2, 0.25) is 0 Å². The van der Waals surface area contributed by atoms with E-state index in [1.165, 1.54) is 35.1 Å². The van der Waals surface area contributed by atoms with Gasteiger partial charge in [0.25, 0.3) is 11.8 Å². The molecule has 3 rings (SSSR count). The first kappa shape index (κ1) is 25.8. The molecule has 0 aliphatic carbocycles. The van der Waals surface area contributed by atoms with Crippen LogP contribution in [0.25, 0.3) is 0 Å². The first-order chi connectivity index (χ1) is 16.2. The molecule has 1 N–H and O–H groups in total. The summed E-state index contributed by atoms with van der Waals surface area (Å²) in [6, 6.07) is 4.28. The summed E-state index contributed by atoms with van der Waals surface area (Å²) in [7, 11) is 1.38. The van der Waals surface area contributed by atoms with Crippen LogP contribution in [0.15, 0.2) is 28.2 Å². The van der Waals surface area contributed by atoms with Crippen molar-refractivity contribution in [1.82, 2.24) is 9.80 Å². The number of aromatic hydroxyl groups is 1. The third-order valence-electron chi connectivity index (χ3n) is 5.77. The quantitative estimate of drug-likeness (QED) is 0.580. The van der Waals surface area contributed by atoms with Crippen LogP contribution >= 0.6 is 23.5 Å². The van der Waals surface area contributed by atoms with Gasteiger partial charge in [-0.15, -0.1) is 0 Å². The van der Waals surface area contributed by atoms with Gasteiger partial charge in [0, 0.05) is 19.0 Å². The van der Waals surface area contributed by atoms with E-state index in [2.05, 4.69) is 9.98 Å². The van der Waals surface area contributed by atoms with Crippen LogP contribution in [-0.2, 0) is 19.2 Å². The molecule has 10 nitrogen and oxygen atoms in total. The number of aliphatic imine (C=N–C) groups is 2. The van der Waals surface area contributed by atoms with Crippen molar-refractivity contribution in [3.8, 4) is 11.5 Å². The number of benzene rings is 1. The van der Waals surface area contributed by atoms with Gasteiger partial charge in [0.15, 0.2) is 21.8 Å². The van der Waals surface area contributed by atoms with Crippen LogP contribution in [0.4, 0.5) is 0 Å². The van der Waals surface area contributed by atoms with Gasteiger partial charge in [-0.1, -0.05) is 29.6 Å². The van der Waals surface area contributed by atoms with E-state index in [1.807, 2.05) is 0 Å². The Balaban J connectivity index is 2.23. The van der Waals surface area contributed by atoms with E-state index in [4.69, 9.17) is 4.74 Å². The minimum atomic E-state index is -1.44. The Kier molecular flexibility index (Phi) is 8.03. The molecule has 0 saturated carbocycles. The Bertz CT molecular complexity index is 1030. The molecule has 34 heavy (non-hydrogen) atoms. The van der Waals surface area contributed by atoms with Crippen molar-refractivity contribution in [2.75, 3.05) is 32.7 Å². The molecule has 182 valence electrons. The summed E-state index contributed by atoms with van der Waals surface area (Å²) >= 11 is 2.32. The second-order valence-electron chi connectivity index (χ2n) is 7.45. The van der Waals surface area contributed by atoms with E-state index in [1.54, 1.807) is 26.4 Å². The van der Waals surface area contributed by atoms with Crippen molar-refractivity contribution in [2.24, 2.45) is 21.8 Å².